The predicted molar refractivity (Wildman–Crippen MR) is 95.6 cm³/mol. The molecule has 152 valence electrons. The molecular weight excluding hydrogens is 354 g/mol. The van der Waals surface area contributed by atoms with Crippen LogP contribution in [0.25, 0.3) is 0 Å². The molecule has 1 saturated carbocycles. The van der Waals surface area contributed by atoms with Gasteiger partial charge in [0.1, 0.15) is 5.60 Å². The predicted octanol–water partition coefficient (Wildman–Crippen LogP) is 0.616. The summed E-state index contributed by atoms with van der Waals surface area (Å²) in [5.74, 6) is -1.64. The molecule has 3 N–H and O–H groups in total. The van der Waals surface area contributed by atoms with Gasteiger partial charge in [-0.3, -0.25) is 14.4 Å². The number of rotatable bonds is 7. The minimum atomic E-state index is -1.23. The molecule has 3 unspecified atom stereocenters. The topological polar surface area (TPSA) is 123 Å². The lowest BCUT2D eigenvalue weighted by Gasteiger charge is -2.29. The minimum absolute atomic E-state index is 0.0625. The molecule has 0 aromatic carbocycles. The fourth-order valence-corrected chi connectivity index (χ4v) is 2.90. The summed E-state index contributed by atoms with van der Waals surface area (Å²) in [7, 11) is 0. The standard InChI is InChI=1S/C18H29N3O6/c1-10(22)26-14(16(24)20-12-5-6-12)13(9-11-7-8-19-15(11)23)21-17(25)27-18(2,3)4/h11-14H,5-9H2,1-4H3,(H,19,23)(H,20,24)(H,21,25). The van der Waals surface area contributed by atoms with Gasteiger partial charge in [-0.05, 0) is 46.5 Å². The highest BCUT2D eigenvalue weighted by atomic mass is 16.6. The van der Waals surface area contributed by atoms with Crippen molar-refractivity contribution in [1.82, 2.24) is 16.0 Å². The lowest BCUT2D eigenvalue weighted by Crippen LogP contribution is -2.54. The average Bonchev–Trinajstić information content (AvgIpc) is 3.23. The second kappa shape index (κ2) is 8.58. The molecule has 2 fully saturated rings. The molecule has 9 heteroatoms. The first-order valence-corrected chi connectivity index (χ1v) is 9.30. The van der Waals surface area contributed by atoms with Gasteiger partial charge >= 0.3 is 12.1 Å². The molecule has 0 aromatic heterocycles. The molecule has 3 amide bonds. The maximum Gasteiger partial charge on any atom is 0.408 e. The second-order valence-corrected chi connectivity index (χ2v) is 8.08. The van der Waals surface area contributed by atoms with Crippen LogP contribution in [0.4, 0.5) is 4.79 Å². The molecule has 0 radical (unpaired) electrons. The maximum atomic E-state index is 12.6. The summed E-state index contributed by atoms with van der Waals surface area (Å²) in [6, 6.07) is -0.816. The largest absolute Gasteiger partial charge is 0.450 e. The third-order valence-corrected chi connectivity index (χ3v) is 4.24. The third kappa shape index (κ3) is 7.07. The number of nitrogens with one attached hydrogen (secondary N) is 3. The highest BCUT2D eigenvalue weighted by Crippen LogP contribution is 2.22. The molecule has 1 saturated heterocycles. The Morgan fingerprint density at radius 2 is 1.89 bits per heavy atom. The van der Waals surface area contributed by atoms with E-state index in [1.54, 1.807) is 20.8 Å². The number of ether oxygens (including phenoxy) is 2. The van der Waals surface area contributed by atoms with E-state index in [9.17, 15) is 19.2 Å². The van der Waals surface area contributed by atoms with Crippen LogP contribution in [0.15, 0.2) is 0 Å². The molecule has 1 aliphatic heterocycles. The minimum Gasteiger partial charge on any atom is -0.450 e. The number of esters is 1. The van der Waals surface area contributed by atoms with Crippen LogP contribution in [0.5, 0.6) is 0 Å². The van der Waals surface area contributed by atoms with E-state index in [-0.39, 0.29) is 24.3 Å². The molecule has 0 bridgehead atoms. The van der Waals surface area contributed by atoms with E-state index in [0.29, 0.717) is 13.0 Å². The molecule has 0 spiro atoms. The van der Waals surface area contributed by atoms with Crippen LogP contribution >= 0.6 is 0 Å². The van der Waals surface area contributed by atoms with Crippen LogP contribution in [-0.2, 0) is 23.9 Å². The van der Waals surface area contributed by atoms with Gasteiger partial charge in [0.05, 0.1) is 6.04 Å². The molecule has 2 aliphatic rings. The normalized spacial score (nSPS) is 21.6. The van der Waals surface area contributed by atoms with Crippen molar-refractivity contribution < 1.29 is 28.7 Å². The number of hydrogen-bond donors (Lipinski definition) is 3. The zero-order valence-electron chi connectivity index (χ0n) is 16.3. The number of carbonyl (C=O) groups excluding carboxylic acids is 4. The smallest absolute Gasteiger partial charge is 0.408 e. The summed E-state index contributed by atoms with van der Waals surface area (Å²) in [6.45, 7) is 6.89. The Balaban J connectivity index is 2.16. The third-order valence-electron chi connectivity index (χ3n) is 4.24. The quantitative estimate of drug-likeness (QED) is 0.554. The van der Waals surface area contributed by atoms with Gasteiger partial charge < -0.3 is 25.4 Å². The number of alkyl carbamates (subject to hydrolysis) is 1. The number of carbonyl (C=O) groups is 4. The van der Waals surface area contributed by atoms with Crippen LogP contribution in [0.1, 0.15) is 53.4 Å². The first-order valence-electron chi connectivity index (χ1n) is 9.30. The first-order chi connectivity index (χ1) is 12.5. The van der Waals surface area contributed by atoms with Crippen molar-refractivity contribution in [1.29, 1.82) is 0 Å². The fraction of sp³-hybridized carbons (Fsp3) is 0.778. The van der Waals surface area contributed by atoms with E-state index in [4.69, 9.17) is 9.47 Å². The highest BCUT2D eigenvalue weighted by molar-refractivity contribution is 5.86. The highest BCUT2D eigenvalue weighted by Gasteiger charge is 2.39. The zero-order chi connectivity index (χ0) is 20.2. The summed E-state index contributed by atoms with van der Waals surface area (Å²) in [6.07, 6.45) is 0.525. The molecule has 2 rings (SSSR count). The summed E-state index contributed by atoms with van der Waals surface area (Å²) in [4.78, 5) is 48.4. The van der Waals surface area contributed by atoms with E-state index in [1.807, 2.05) is 0 Å². The van der Waals surface area contributed by atoms with E-state index in [0.717, 1.165) is 12.8 Å². The van der Waals surface area contributed by atoms with Gasteiger partial charge in [-0.25, -0.2) is 4.79 Å². The Morgan fingerprint density at radius 3 is 2.37 bits per heavy atom. The van der Waals surface area contributed by atoms with Gasteiger partial charge in [0.2, 0.25) is 5.91 Å². The van der Waals surface area contributed by atoms with Crippen LogP contribution in [0, 0.1) is 5.92 Å². The van der Waals surface area contributed by atoms with Crippen molar-refractivity contribution in [2.75, 3.05) is 6.54 Å². The van der Waals surface area contributed by atoms with E-state index < -0.39 is 35.7 Å². The fourth-order valence-electron chi connectivity index (χ4n) is 2.90. The van der Waals surface area contributed by atoms with Crippen molar-refractivity contribution >= 4 is 23.9 Å². The van der Waals surface area contributed by atoms with Gasteiger partial charge in [0, 0.05) is 25.4 Å². The van der Waals surface area contributed by atoms with Crippen molar-refractivity contribution in [2.24, 2.45) is 5.92 Å². The SMILES string of the molecule is CC(=O)OC(C(=O)NC1CC1)C(CC1CCNC1=O)NC(=O)OC(C)(C)C. The van der Waals surface area contributed by atoms with E-state index in [2.05, 4.69) is 16.0 Å². The van der Waals surface area contributed by atoms with Gasteiger partial charge in [0.25, 0.3) is 5.91 Å². The van der Waals surface area contributed by atoms with Crippen molar-refractivity contribution in [2.45, 2.75) is 77.2 Å². The average molecular weight is 383 g/mol. The molecular formula is C18H29N3O6. The van der Waals surface area contributed by atoms with E-state index >= 15 is 0 Å². The van der Waals surface area contributed by atoms with Gasteiger partial charge in [0.15, 0.2) is 6.10 Å². The maximum absolute atomic E-state index is 12.6. The Morgan fingerprint density at radius 1 is 1.22 bits per heavy atom. The van der Waals surface area contributed by atoms with Crippen LogP contribution in [0.2, 0.25) is 0 Å². The Kier molecular flexibility index (Phi) is 6.67. The first kappa shape index (κ1) is 21.0. The van der Waals surface area contributed by atoms with Crippen molar-refractivity contribution in [3.8, 4) is 0 Å². The summed E-state index contributed by atoms with van der Waals surface area (Å²) < 4.78 is 10.5. The molecule has 1 heterocycles. The Bertz CT molecular complexity index is 596. The molecule has 0 aromatic rings. The summed E-state index contributed by atoms with van der Waals surface area (Å²) in [5.41, 5.74) is -0.730. The van der Waals surface area contributed by atoms with Gasteiger partial charge in [-0.15, -0.1) is 0 Å². The number of amides is 3. The summed E-state index contributed by atoms with van der Waals surface area (Å²) >= 11 is 0. The Hall–Kier alpha value is -2.32. The Labute approximate surface area is 158 Å². The van der Waals surface area contributed by atoms with Crippen molar-refractivity contribution in [3.63, 3.8) is 0 Å². The lowest BCUT2D eigenvalue weighted by molar-refractivity contribution is -0.156. The zero-order valence-corrected chi connectivity index (χ0v) is 16.3. The van der Waals surface area contributed by atoms with Crippen LogP contribution in [-0.4, -0.2) is 54.2 Å². The molecule has 1 aliphatic carbocycles. The van der Waals surface area contributed by atoms with Gasteiger partial charge in [-0.1, -0.05) is 0 Å². The summed E-state index contributed by atoms with van der Waals surface area (Å²) in [5, 5.41) is 8.14. The second-order valence-electron chi connectivity index (χ2n) is 8.08. The molecule has 27 heavy (non-hydrogen) atoms. The van der Waals surface area contributed by atoms with Crippen LogP contribution in [0.3, 0.4) is 0 Å². The monoisotopic (exact) mass is 383 g/mol. The van der Waals surface area contributed by atoms with Crippen molar-refractivity contribution in [3.05, 3.63) is 0 Å². The van der Waals surface area contributed by atoms with Gasteiger partial charge in [-0.2, -0.15) is 0 Å². The lowest BCUT2D eigenvalue weighted by atomic mass is 9.94. The molecule has 3 atom stereocenters. The molecule has 9 nitrogen and oxygen atoms in total. The van der Waals surface area contributed by atoms with E-state index in [1.165, 1.54) is 6.92 Å². The number of hydrogen-bond acceptors (Lipinski definition) is 6. The van der Waals surface area contributed by atoms with Crippen LogP contribution < -0.4 is 16.0 Å².